The second-order valence-corrected chi connectivity index (χ2v) is 5.73. The third kappa shape index (κ3) is 3.21. The molecule has 1 aromatic carbocycles. The highest BCUT2D eigenvalue weighted by atomic mass is 35.5. The maximum Gasteiger partial charge on any atom is 0.272 e. The van der Waals surface area contributed by atoms with E-state index in [2.05, 4.69) is 4.98 Å². The number of aryl methyl sites for hydroxylation is 2. The van der Waals surface area contributed by atoms with E-state index in [4.69, 9.17) is 16.3 Å². The molecule has 7 heteroatoms. The predicted octanol–water partition coefficient (Wildman–Crippen LogP) is 3.90. The van der Waals surface area contributed by atoms with Crippen LogP contribution >= 0.6 is 22.9 Å². The van der Waals surface area contributed by atoms with Crippen molar-refractivity contribution in [2.45, 2.75) is 20.5 Å². The summed E-state index contributed by atoms with van der Waals surface area (Å²) in [5, 5.41) is 10.8. The molecule has 5 nitrogen and oxygen atoms in total. The third-order valence-electron chi connectivity index (χ3n) is 2.59. The van der Waals surface area contributed by atoms with Gasteiger partial charge < -0.3 is 4.74 Å². The second-order valence-electron chi connectivity index (χ2n) is 4.03. The number of rotatable bonds is 4. The lowest BCUT2D eigenvalue weighted by atomic mass is 10.1. The zero-order valence-electron chi connectivity index (χ0n) is 10.3. The molecule has 19 heavy (non-hydrogen) atoms. The minimum Gasteiger partial charge on any atom is -0.488 e. The monoisotopic (exact) mass is 298 g/mol. The molecule has 0 N–H and O–H groups in total. The fourth-order valence-electron chi connectivity index (χ4n) is 1.63. The Balaban J connectivity index is 2.17. The lowest BCUT2D eigenvalue weighted by Gasteiger charge is -2.09. The van der Waals surface area contributed by atoms with Gasteiger partial charge in [0.25, 0.3) is 5.69 Å². The summed E-state index contributed by atoms with van der Waals surface area (Å²) in [4.78, 5) is 15.2. The number of nitrogens with zero attached hydrogens (tertiary/aromatic N) is 2. The Bertz CT molecular complexity index is 627. The molecule has 0 atom stereocenters. The van der Waals surface area contributed by atoms with Crippen LogP contribution in [0.1, 0.15) is 16.0 Å². The first-order valence-corrected chi connectivity index (χ1v) is 6.65. The van der Waals surface area contributed by atoms with E-state index in [1.807, 2.05) is 0 Å². The number of hydrogen-bond acceptors (Lipinski definition) is 5. The number of nitro benzene ring substituents is 1. The Morgan fingerprint density at radius 1 is 1.42 bits per heavy atom. The normalized spacial score (nSPS) is 10.5. The van der Waals surface area contributed by atoms with Crippen molar-refractivity contribution in [3.05, 3.63) is 48.9 Å². The lowest BCUT2D eigenvalue weighted by molar-refractivity contribution is -0.385. The van der Waals surface area contributed by atoms with Crippen molar-refractivity contribution in [2.75, 3.05) is 0 Å². The summed E-state index contributed by atoms with van der Waals surface area (Å²) in [6.45, 7) is 3.82. The highest BCUT2D eigenvalue weighted by Gasteiger charge is 2.14. The van der Waals surface area contributed by atoms with E-state index in [1.165, 1.54) is 17.4 Å². The number of aromatic nitrogens is 1. The van der Waals surface area contributed by atoms with Gasteiger partial charge in [-0.1, -0.05) is 11.6 Å². The van der Waals surface area contributed by atoms with Gasteiger partial charge in [-0.05, 0) is 25.5 Å². The SMILES string of the molecule is Cc1cc([N+](=O)[O-])c(C)cc1OCc1cnc(Cl)s1. The van der Waals surface area contributed by atoms with Gasteiger partial charge >= 0.3 is 0 Å². The average Bonchev–Trinajstić information content (AvgIpc) is 2.75. The summed E-state index contributed by atoms with van der Waals surface area (Å²) in [6, 6.07) is 3.19. The molecule has 0 radical (unpaired) electrons. The number of ether oxygens (including phenoxy) is 1. The lowest BCUT2D eigenvalue weighted by Crippen LogP contribution is -1.98. The summed E-state index contributed by atoms with van der Waals surface area (Å²) in [5.41, 5.74) is 1.41. The number of hydrogen-bond donors (Lipinski definition) is 0. The molecular formula is C12H11ClN2O3S. The van der Waals surface area contributed by atoms with Crippen LogP contribution in [0.2, 0.25) is 4.47 Å². The maximum atomic E-state index is 10.8. The third-order valence-corrected chi connectivity index (χ3v) is 3.67. The van der Waals surface area contributed by atoms with Crippen molar-refractivity contribution in [2.24, 2.45) is 0 Å². The van der Waals surface area contributed by atoms with Crippen LogP contribution in [0.5, 0.6) is 5.75 Å². The van der Waals surface area contributed by atoms with Crippen LogP contribution in [-0.4, -0.2) is 9.91 Å². The first kappa shape index (κ1) is 13.8. The minimum atomic E-state index is -0.394. The summed E-state index contributed by atoms with van der Waals surface area (Å²) < 4.78 is 6.11. The number of halogens is 1. The Morgan fingerprint density at radius 3 is 2.74 bits per heavy atom. The van der Waals surface area contributed by atoms with Crippen molar-refractivity contribution in [1.82, 2.24) is 4.98 Å². The van der Waals surface area contributed by atoms with Crippen molar-refractivity contribution < 1.29 is 9.66 Å². The second kappa shape index (κ2) is 5.54. The molecule has 0 saturated carbocycles. The van der Waals surface area contributed by atoms with Gasteiger partial charge in [-0.3, -0.25) is 10.1 Å². The van der Waals surface area contributed by atoms with Crippen LogP contribution in [0.4, 0.5) is 5.69 Å². The fraction of sp³-hybridized carbons (Fsp3) is 0.250. The van der Waals surface area contributed by atoms with Gasteiger partial charge in [-0.15, -0.1) is 11.3 Å². The average molecular weight is 299 g/mol. The number of thiazole rings is 1. The highest BCUT2D eigenvalue weighted by Crippen LogP contribution is 2.29. The summed E-state index contributed by atoms with van der Waals surface area (Å²) in [7, 11) is 0. The summed E-state index contributed by atoms with van der Waals surface area (Å²) >= 11 is 7.08. The fourth-order valence-corrected chi connectivity index (χ4v) is 2.52. The Kier molecular flexibility index (Phi) is 4.01. The van der Waals surface area contributed by atoms with E-state index in [0.29, 0.717) is 22.4 Å². The molecule has 0 aliphatic carbocycles. The molecular weight excluding hydrogens is 288 g/mol. The Hall–Kier alpha value is -1.66. The van der Waals surface area contributed by atoms with Gasteiger partial charge in [-0.25, -0.2) is 4.98 Å². The molecule has 0 unspecified atom stereocenters. The molecule has 100 valence electrons. The van der Waals surface area contributed by atoms with E-state index in [1.54, 1.807) is 26.1 Å². The van der Waals surface area contributed by atoms with Crippen molar-refractivity contribution in [1.29, 1.82) is 0 Å². The largest absolute Gasteiger partial charge is 0.488 e. The summed E-state index contributed by atoms with van der Waals surface area (Å²) in [6.07, 6.45) is 1.65. The molecule has 0 fully saturated rings. The van der Waals surface area contributed by atoms with E-state index < -0.39 is 4.92 Å². The number of benzene rings is 1. The van der Waals surface area contributed by atoms with Gasteiger partial charge in [-0.2, -0.15) is 0 Å². The molecule has 0 bridgehead atoms. The Labute approximate surface area is 119 Å². The molecule has 1 heterocycles. The highest BCUT2D eigenvalue weighted by molar-refractivity contribution is 7.15. The van der Waals surface area contributed by atoms with Gasteiger partial charge in [0.2, 0.25) is 0 Å². The minimum absolute atomic E-state index is 0.102. The molecule has 2 rings (SSSR count). The molecule has 2 aromatic rings. The van der Waals surface area contributed by atoms with Gasteiger partial charge in [0, 0.05) is 17.8 Å². The first-order valence-electron chi connectivity index (χ1n) is 5.46. The van der Waals surface area contributed by atoms with Crippen LogP contribution in [0, 0.1) is 24.0 Å². The van der Waals surface area contributed by atoms with Gasteiger partial charge in [0.05, 0.1) is 9.80 Å². The first-order chi connectivity index (χ1) is 8.97. The maximum absolute atomic E-state index is 10.8. The molecule has 0 aliphatic heterocycles. The van der Waals surface area contributed by atoms with E-state index >= 15 is 0 Å². The topological polar surface area (TPSA) is 65.3 Å². The predicted molar refractivity (Wildman–Crippen MR) is 74.0 cm³/mol. The molecule has 0 aliphatic rings. The zero-order valence-corrected chi connectivity index (χ0v) is 11.9. The van der Waals surface area contributed by atoms with E-state index in [0.717, 1.165) is 10.4 Å². The van der Waals surface area contributed by atoms with Crippen LogP contribution < -0.4 is 4.74 Å². The standard InChI is InChI=1S/C12H11ClN2O3S/c1-7-4-11(8(2)3-10(7)15(16)17)18-6-9-5-14-12(13)19-9/h3-5H,6H2,1-2H3. The quantitative estimate of drug-likeness (QED) is 0.634. The van der Waals surface area contributed by atoms with Crippen molar-refractivity contribution in [3.63, 3.8) is 0 Å². The Morgan fingerprint density at radius 2 is 2.16 bits per heavy atom. The van der Waals surface area contributed by atoms with Gasteiger partial charge in [0.1, 0.15) is 12.4 Å². The molecule has 1 aromatic heterocycles. The van der Waals surface area contributed by atoms with Gasteiger partial charge in [0.15, 0.2) is 4.47 Å². The molecule has 0 spiro atoms. The van der Waals surface area contributed by atoms with Crippen LogP contribution in [0.3, 0.4) is 0 Å². The van der Waals surface area contributed by atoms with E-state index in [9.17, 15) is 10.1 Å². The van der Waals surface area contributed by atoms with Crippen LogP contribution in [0.25, 0.3) is 0 Å². The smallest absolute Gasteiger partial charge is 0.272 e. The van der Waals surface area contributed by atoms with Crippen LogP contribution in [-0.2, 0) is 6.61 Å². The summed E-state index contributed by atoms with van der Waals surface area (Å²) in [5.74, 6) is 0.632. The number of nitro groups is 1. The molecule has 0 amide bonds. The van der Waals surface area contributed by atoms with Crippen molar-refractivity contribution in [3.8, 4) is 5.75 Å². The van der Waals surface area contributed by atoms with E-state index in [-0.39, 0.29) is 5.69 Å². The zero-order chi connectivity index (χ0) is 14.0. The molecule has 0 saturated heterocycles. The van der Waals surface area contributed by atoms with Crippen molar-refractivity contribution >= 4 is 28.6 Å². The van der Waals surface area contributed by atoms with Crippen LogP contribution in [0.15, 0.2) is 18.3 Å².